The van der Waals surface area contributed by atoms with Crippen molar-refractivity contribution < 1.29 is 5.11 Å². The topological polar surface area (TPSA) is 20.2 Å². The first-order valence-electron chi connectivity index (χ1n) is 7.14. The van der Waals surface area contributed by atoms with Gasteiger partial charge in [0.15, 0.2) is 0 Å². The van der Waals surface area contributed by atoms with Crippen molar-refractivity contribution in [3.05, 3.63) is 34.9 Å². The molecule has 0 spiro atoms. The molecule has 0 bridgehead atoms. The standard InChI is InChI=1S/C17H28O/c1-11(2)9-17(18)15-8-7-14(12(3)4)10-16(15)13(5)6/h7-8,10-13,17-18H,9H2,1-6H3. The zero-order valence-electron chi connectivity index (χ0n) is 12.7. The lowest BCUT2D eigenvalue weighted by atomic mass is 9.87. The van der Waals surface area contributed by atoms with Crippen LogP contribution in [0.15, 0.2) is 18.2 Å². The highest BCUT2D eigenvalue weighted by molar-refractivity contribution is 5.37. The Morgan fingerprint density at radius 3 is 1.94 bits per heavy atom. The zero-order valence-corrected chi connectivity index (χ0v) is 12.7. The van der Waals surface area contributed by atoms with Gasteiger partial charge in [-0.05, 0) is 40.9 Å². The molecule has 18 heavy (non-hydrogen) atoms. The van der Waals surface area contributed by atoms with E-state index in [1.165, 1.54) is 11.1 Å². The summed E-state index contributed by atoms with van der Waals surface area (Å²) in [6.45, 7) is 13.1. The maximum atomic E-state index is 10.4. The number of hydrogen-bond acceptors (Lipinski definition) is 1. The van der Waals surface area contributed by atoms with E-state index in [9.17, 15) is 5.11 Å². The average molecular weight is 248 g/mol. The van der Waals surface area contributed by atoms with Crippen molar-refractivity contribution in [2.45, 2.75) is 65.9 Å². The van der Waals surface area contributed by atoms with Crippen LogP contribution in [0.1, 0.15) is 82.6 Å². The lowest BCUT2D eigenvalue weighted by Gasteiger charge is -2.21. The molecule has 0 fully saturated rings. The monoisotopic (exact) mass is 248 g/mol. The van der Waals surface area contributed by atoms with Crippen LogP contribution in [0.2, 0.25) is 0 Å². The first-order valence-corrected chi connectivity index (χ1v) is 7.14. The molecule has 1 N–H and O–H groups in total. The summed E-state index contributed by atoms with van der Waals surface area (Å²) in [4.78, 5) is 0. The van der Waals surface area contributed by atoms with Crippen LogP contribution >= 0.6 is 0 Å². The van der Waals surface area contributed by atoms with Crippen molar-refractivity contribution in [1.29, 1.82) is 0 Å². The minimum Gasteiger partial charge on any atom is -0.388 e. The maximum Gasteiger partial charge on any atom is 0.0795 e. The molecule has 0 amide bonds. The van der Waals surface area contributed by atoms with E-state index in [1.54, 1.807) is 0 Å². The second kappa shape index (κ2) is 6.38. The Balaban J connectivity index is 3.11. The van der Waals surface area contributed by atoms with Gasteiger partial charge in [0.2, 0.25) is 0 Å². The van der Waals surface area contributed by atoms with Crippen molar-refractivity contribution in [2.75, 3.05) is 0 Å². The Bertz CT molecular complexity index is 377. The third kappa shape index (κ3) is 3.84. The summed E-state index contributed by atoms with van der Waals surface area (Å²) in [5.74, 6) is 1.52. The van der Waals surface area contributed by atoms with Gasteiger partial charge in [-0.2, -0.15) is 0 Å². The minimum atomic E-state index is -0.330. The van der Waals surface area contributed by atoms with E-state index in [1.807, 2.05) is 0 Å². The summed E-state index contributed by atoms with van der Waals surface area (Å²) in [6, 6.07) is 6.56. The van der Waals surface area contributed by atoms with Gasteiger partial charge in [0.1, 0.15) is 0 Å². The predicted molar refractivity (Wildman–Crippen MR) is 79.0 cm³/mol. The molecule has 1 heteroatoms. The quantitative estimate of drug-likeness (QED) is 0.776. The Morgan fingerprint density at radius 1 is 0.889 bits per heavy atom. The van der Waals surface area contributed by atoms with Gasteiger partial charge < -0.3 is 5.11 Å². The third-order valence-corrected chi connectivity index (χ3v) is 3.45. The van der Waals surface area contributed by atoms with Gasteiger partial charge in [-0.15, -0.1) is 0 Å². The summed E-state index contributed by atoms with van der Waals surface area (Å²) in [7, 11) is 0. The lowest BCUT2D eigenvalue weighted by Crippen LogP contribution is -2.07. The van der Waals surface area contributed by atoms with E-state index < -0.39 is 0 Å². The second-order valence-electron chi connectivity index (χ2n) is 6.34. The summed E-state index contributed by atoms with van der Waals surface area (Å²) < 4.78 is 0. The molecule has 0 aliphatic heterocycles. The van der Waals surface area contributed by atoms with Crippen LogP contribution < -0.4 is 0 Å². The van der Waals surface area contributed by atoms with E-state index in [0.29, 0.717) is 17.8 Å². The summed E-state index contributed by atoms with van der Waals surface area (Å²) >= 11 is 0. The number of benzene rings is 1. The SMILES string of the molecule is CC(C)CC(O)c1ccc(C(C)C)cc1C(C)C. The molecule has 1 aromatic rings. The molecule has 0 aliphatic rings. The average Bonchev–Trinajstić information content (AvgIpc) is 2.26. The second-order valence-corrected chi connectivity index (χ2v) is 6.34. The van der Waals surface area contributed by atoms with Crippen molar-refractivity contribution >= 4 is 0 Å². The van der Waals surface area contributed by atoms with Crippen molar-refractivity contribution in [3.63, 3.8) is 0 Å². The Labute approximate surface area is 112 Å². The molecule has 102 valence electrons. The molecule has 0 saturated heterocycles. The number of hydrogen-bond donors (Lipinski definition) is 1. The molecule has 0 radical (unpaired) electrons. The molecule has 1 rings (SSSR count). The molecule has 1 aromatic carbocycles. The van der Waals surface area contributed by atoms with Crippen LogP contribution in [0.5, 0.6) is 0 Å². The van der Waals surface area contributed by atoms with Crippen molar-refractivity contribution in [1.82, 2.24) is 0 Å². The van der Waals surface area contributed by atoms with E-state index in [2.05, 4.69) is 59.7 Å². The van der Waals surface area contributed by atoms with E-state index >= 15 is 0 Å². The molecule has 0 saturated carbocycles. The van der Waals surface area contributed by atoms with Gasteiger partial charge in [-0.1, -0.05) is 59.7 Å². The molecule has 0 aromatic heterocycles. The first-order chi connectivity index (χ1) is 8.32. The fraction of sp³-hybridized carbons (Fsp3) is 0.647. The molecular weight excluding hydrogens is 220 g/mol. The molecule has 1 atom stereocenters. The highest BCUT2D eigenvalue weighted by Gasteiger charge is 2.16. The van der Waals surface area contributed by atoms with Gasteiger partial charge in [-0.25, -0.2) is 0 Å². The van der Waals surface area contributed by atoms with Gasteiger partial charge in [-0.3, -0.25) is 0 Å². The molecule has 0 heterocycles. The van der Waals surface area contributed by atoms with Crippen LogP contribution in [0.4, 0.5) is 0 Å². The summed E-state index contributed by atoms with van der Waals surface area (Å²) in [5.41, 5.74) is 3.77. The third-order valence-electron chi connectivity index (χ3n) is 3.45. The zero-order chi connectivity index (χ0) is 13.9. The van der Waals surface area contributed by atoms with Gasteiger partial charge >= 0.3 is 0 Å². The van der Waals surface area contributed by atoms with Gasteiger partial charge in [0.25, 0.3) is 0 Å². The molecule has 1 nitrogen and oxygen atoms in total. The van der Waals surface area contributed by atoms with Crippen molar-refractivity contribution in [2.24, 2.45) is 5.92 Å². The van der Waals surface area contributed by atoms with Gasteiger partial charge in [0.05, 0.1) is 6.10 Å². The largest absolute Gasteiger partial charge is 0.388 e. The Morgan fingerprint density at radius 2 is 1.50 bits per heavy atom. The van der Waals surface area contributed by atoms with Crippen LogP contribution in [0.25, 0.3) is 0 Å². The van der Waals surface area contributed by atoms with Crippen LogP contribution in [-0.2, 0) is 0 Å². The molecule has 0 aliphatic carbocycles. The molecule has 1 unspecified atom stereocenters. The lowest BCUT2D eigenvalue weighted by molar-refractivity contribution is 0.149. The highest BCUT2D eigenvalue weighted by Crippen LogP contribution is 2.31. The van der Waals surface area contributed by atoms with E-state index in [4.69, 9.17) is 0 Å². The highest BCUT2D eigenvalue weighted by atomic mass is 16.3. The summed E-state index contributed by atoms with van der Waals surface area (Å²) in [5, 5.41) is 10.4. The van der Waals surface area contributed by atoms with E-state index in [-0.39, 0.29) is 6.10 Å². The predicted octanol–water partition coefficient (Wildman–Crippen LogP) is 5.01. The fourth-order valence-electron chi connectivity index (χ4n) is 2.33. The minimum absolute atomic E-state index is 0.330. The van der Waals surface area contributed by atoms with Crippen molar-refractivity contribution in [3.8, 4) is 0 Å². The van der Waals surface area contributed by atoms with E-state index in [0.717, 1.165) is 12.0 Å². The number of aliphatic hydroxyl groups is 1. The molecular formula is C17H28O. The van der Waals surface area contributed by atoms with Gasteiger partial charge in [0, 0.05) is 0 Å². The number of aliphatic hydroxyl groups excluding tert-OH is 1. The first kappa shape index (κ1) is 15.2. The summed E-state index contributed by atoms with van der Waals surface area (Å²) in [6.07, 6.45) is 0.504. The maximum absolute atomic E-state index is 10.4. The van der Waals surface area contributed by atoms with Crippen LogP contribution in [-0.4, -0.2) is 5.11 Å². The van der Waals surface area contributed by atoms with Crippen LogP contribution in [0, 0.1) is 5.92 Å². The Kier molecular flexibility index (Phi) is 5.40. The number of rotatable bonds is 5. The van der Waals surface area contributed by atoms with Crippen LogP contribution in [0.3, 0.4) is 0 Å². The normalized spacial score (nSPS) is 13.7. The fourth-order valence-corrected chi connectivity index (χ4v) is 2.33. The Hall–Kier alpha value is -0.820. The smallest absolute Gasteiger partial charge is 0.0795 e.